The van der Waals surface area contributed by atoms with Gasteiger partial charge in [-0.1, -0.05) is 30.3 Å². The quantitative estimate of drug-likeness (QED) is 0.534. The number of imide groups is 1. The van der Waals surface area contributed by atoms with Crippen molar-refractivity contribution in [1.82, 2.24) is 25.2 Å². The molecule has 152 valence electrons. The number of benzene rings is 2. The summed E-state index contributed by atoms with van der Waals surface area (Å²) in [5.41, 5.74) is 7.23. The summed E-state index contributed by atoms with van der Waals surface area (Å²) in [6.45, 7) is -0.152. The second-order valence-electron chi connectivity index (χ2n) is 6.68. The van der Waals surface area contributed by atoms with Crippen LogP contribution < -0.4 is 16.4 Å². The maximum atomic E-state index is 13.1. The molecule has 0 aliphatic carbocycles. The summed E-state index contributed by atoms with van der Waals surface area (Å²) in [6.07, 6.45) is 0.388. The molecule has 0 unspecified atom stereocenters. The van der Waals surface area contributed by atoms with Crippen LogP contribution in [0.2, 0.25) is 0 Å². The first-order valence-corrected chi connectivity index (χ1v) is 9.17. The van der Waals surface area contributed by atoms with Crippen molar-refractivity contribution in [2.45, 2.75) is 19.0 Å². The molecule has 10 heteroatoms. The third-order valence-corrected chi connectivity index (χ3v) is 4.49. The van der Waals surface area contributed by atoms with Gasteiger partial charge in [-0.2, -0.15) is 15.0 Å². The number of carbonyl (C=O) groups excluding carboxylic acids is 2. The Kier molecular flexibility index (Phi) is 5.21. The Morgan fingerprint density at radius 2 is 1.77 bits per heavy atom. The minimum absolute atomic E-state index is 0.0718. The van der Waals surface area contributed by atoms with Gasteiger partial charge in [0.05, 0.1) is 6.54 Å². The third kappa shape index (κ3) is 4.32. The van der Waals surface area contributed by atoms with Gasteiger partial charge in [-0.05, 0) is 29.8 Å². The number of rotatable bonds is 6. The Morgan fingerprint density at radius 1 is 1.03 bits per heavy atom. The molecule has 0 spiro atoms. The minimum Gasteiger partial charge on any atom is -0.368 e. The second kappa shape index (κ2) is 8.11. The molecule has 3 aromatic rings. The van der Waals surface area contributed by atoms with Crippen LogP contribution >= 0.6 is 0 Å². The molecule has 2 aromatic carbocycles. The fraction of sp³-hybridized carbons (Fsp3) is 0.150. The molecule has 2 heterocycles. The Balaban J connectivity index is 1.48. The molecule has 1 fully saturated rings. The van der Waals surface area contributed by atoms with E-state index in [4.69, 9.17) is 5.73 Å². The zero-order chi connectivity index (χ0) is 21.1. The topological polar surface area (TPSA) is 126 Å². The highest BCUT2D eigenvalue weighted by molar-refractivity contribution is 6.04. The summed E-state index contributed by atoms with van der Waals surface area (Å²) in [4.78, 5) is 38.3. The number of nitrogens with zero attached hydrogens (tertiary/aromatic N) is 4. The van der Waals surface area contributed by atoms with Crippen LogP contribution in [0.15, 0.2) is 54.6 Å². The van der Waals surface area contributed by atoms with E-state index < -0.39 is 12.1 Å². The number of amides is 3. The van der Waals surface area contributed by atoms with Gasteiger partial charge in [0.25, 0.3) is 5.91 Å². The largest absolute Gasteiger partial charge is 0.368 e. The van der Waals surface area contributed by atoms with Crippen LogP contribution in [0.25, 0.3) is 0 Å². The van der Waals surface area contributed by atoms with Crippen molar-refractivity contribution in [2.24, 2.45) is 0 Å². The third-order valence-electron chi connectivity index (χ3n) is 4.49. The summed E-state index contributed by atoms with van der Waals surface area (Å²) < 4.78 is 13.1. The zero-order valence-corrected chi connectivity index (χ0v) is 15.7. The number of hydrogen-bond acceptors (Lipinski definition) is 7. The molecule has 4 rings (SSSR count). The average Bonchev–Trinajstić information content (AvgIpc) is 2.97. The Morgan fingerprint density at radius 3 is 2.50 bits per heavy atom. The molecule has 1 atom stereocenters. The SMILES string of the molecule is Nc1nc(CN2C(=O)N[C@@H](Cc3ccccc3)C2=O)nc(Nc2ccc(F)cc2)n1. The van der Waals surface area contributed by atoms with Gasteiger partial charge in [0, 0.05) is 12.1 Å². The van der Waals surface area contributed by atoms with E-state index in [-0.39, 0.29) is 36.0 Å². The van der Waals surface area contributed by atoms with E-state index in [1.165, 1.54) is 24.3 Å². The van der Waals surface area contributed by atoms with E-state index >= 15 is 0 Å². The number of aromatic nitrogens is 3. The molecule has 30 heavy (non-hydrogen) atoms. The van der Waals surface area contributed by atoms with E-state index in [1.807, 2.05) is 30.3 Å². The van der Waals surface area contributed by atoms with Crippen molar-refractivity contribution in [3.63, 3.8) is 0 Å². The highest BCUT2D eigenvalue weighted by atomic mass is 19.1. The number of hydrogen-bond donors (Lipinski definition) is 3. The molecule has 0 bridgehead atoms. The van der Waals surface area contributed by atoms with Gasteiger partial charge in [0.2, 0.25) is 11.9 Å². The van der Waals surface area contributed by atoms with E-state index in [1.54, 1.807) is 0 Å². The molecule has 1 aliphatic rings. The van der Waals surface area contributed by atoms with Crippen molar-refractivity contribution in [1.29, 1.82) is 0 Å². The molecule has 1 saturated heterocycles. The maximum absolute atomic E-state index is 13.1. The van der Waals surface area contributed by atoms with Gasteiger partial charge in [-0.3, -0.25) is 9.69 Å². The summed E-state index contributed by atoms with van der Waals surface area (Å²) in [6, 6.07) is 13.8. The lowest BCUT2D eigenvalue weighted by Gasteiger charge is -2.13. The fourth-order valence-corrected chi connectivity index (χ4v) is 3.08. The number of urea groups is 1. The standard InChI is InChI=1S/C20H18FN7O2/c21-13-6-8-14(9-7-13)23-19-26-16(25-18(22)27-19)11-28-17(29)15(24-20(28)30)10-12-4-2-1-3-5-12/h1-9,15H,10-11H2,(H,24,30)(H3,22,23,25,26,27)/t15-/m0/s1. The summed E-state index contributed by atoms with van der Waals surface area (Å²) in [5.74, 6) is -0.540. The van der Waals surface area contributed by atoms with Crippen LogP contribution in [-0.2, 0) is 17.8 Å². The molecule has 0 radical (unpaired) electrons. The molecule has 4 N–H and O–H groups in total. The Hall–Kier alpha value is -4.08. The Bertz CT molecular complexity index is 1080. The van der Waals surface area contributed by atoms with Gasteiger partial charge >= 0.3 is 6.03 Å². The fourth-order valence-electron chi connectivity index (χ4n) is 3.08. The van der Waals surface area contributed by atoms with Crippen LogP contribution in [0.1, 0.15) is 11.4 Å². The molecule has 9 nitrogen and oxygen atoms in total. The lowest BCUT2D eigenvalue weighted by Crippen LogP contribution is -2.32. The molecular weight excluding hydrogens is 389 g/mol. The van der Waals surface area contributed by atoms with Gasteiger partial charge in [0.1, 0.15) is 11.9 Å². The van der Waals surface area contributed by atoms with Crippen molar-refractivity contribution >= 4 is 29.5 Å². The lowest BCUT2D eigenvalue weighted by molar-refractivity contribution is -0.127. The van der Waals surface area contributed by atoms with E-state index in [9.17, 15) is 14.0 Å². The number of nitrogens with two attached hydrogens (primary N) is 1. The van der Waals surface area contributed by atoms with Gasteiger partial charge in [0.15, 0.2) is 5.82 Å². The highest BCUT2D eigenvalue weighted by Gasteiger charge is 2.38. The van der Waals surface area contributed by atoms with Gasteiger partial charge < -0.3 is 16.4 Å². The Labute approximate surface area is 171 Å². The highest BCUT2D eigenvalue weighted by Crippen LogP contribution is 2.17. The number of anilines is 3. The van der Waals surface area contributed by atoms with Crippen LogP contribution in [0, 0.1) is 5.82 Å². The predicted octanol–water partition coefficient (Wildman–Crippen LogP) is 2.00. The normalized spacial score (nSPS) is 15.9. The van der Waals surface area contributed by atoms with Crippen molar-refractivity contribution in [2.75, 3.05) is 11.1 Å². The van der Waals surface area contributed by atoms with E-state index in [0.717, 1.165) is 10.5 Å². The minimum atomic E-state index is -0.657. The van der Waals surface area contributed by atoms with Gasteiger partial charge in [-0.15, -0.1) is 0 Å². The number of nitrogens with one attached hydrogen (secondary N) is 2. The lowest BCUT2D eigenvalue weighted by atomic mass is 10.1. The first-order valence-electron chi connectivity index (χ1n) is 9.17. The maximum Gasteiger partial charge on any atom is 0.325 e. The molecule has 0 saturated carbocycles. The van der Waals surface area contributed by atoms with Gasteiger partial charge in [-0.25, -0.2) is 9.18 Å². The van der Waals surface area contributed by atoms with Crippen LogP contribution in [0.4, 0.5) is 26.8 Å². The smallest absolute Gasteiger partial charge is 0.325 e. The molecular formula is C20H18FN7O2. The number of nitrogen functional groups attached to an aromatic ring is 1. The molecule has 1 aromatic heterocycles. The van der Waals surface area contributed by atoms with Crippen LogP contribution in [0.3, 0.4) is 0 Å². The summed E-state index contributed by atoms with van der Waals surface area (Å²) in [7, 11) is 0. The monoisotopic (exact) mass is 407 g/mol. The first kappa shape index (κ1) is 19.2. The van der Waals surface area contributed by atoms with Crippen LogP contribution in [-0.4, -0.2) is 37.8 Å². The molecule has 3 amide bonds. The van der Waals surface area contributed by atoms with Crippen molar-refractivity contribution in [3.8, 4) is 0 Å². The zero-order valence-electron chi connectivity index (χ0n) is 15.7. The van der Waals surface area contributed by atoms with E-state index in [0.29, 0.717) is 12.1 Å². The second-order valence-corrected chi connectivity index (χ2v) is 6.68. The number of carbonyl (C=O) groups is 2. The van der Waals surface area contributed by atoms with Crippen molar-refractivity contribution < 1.29 is 14.0 Å². The average molecular weight is 407 g/mol. The predicted molar refractivity (Wildman–Crippen MR) is 107 cm³/mol. The van der Waals surface area contributed by atoms with Crippen LogP contribution in [0.5, 0.6) is 0 Å². The summed E-state index contributed by atoms with van der Waals surface area (Å²) in [5, 5.41) is 5.57. The number of halogens is 1. The van der Waals surface area contributed by atoms with Crippen molar-refractivity contribution in [3.05, 3.63) is 71.8 Å². The summed E-state index contributed by atoms with van der Waals surface area (Å²) >= 11 is 0. The van der Waals surface area contributed by atoms with E-state index in [2.05, 4.69) is 25.6 Å². The molecule has 1 aliphatic heterocycles. The first-order chi connectivity index (χ1) is 14.5.